The van der Waals surface area contributed by atoms with Crippen LogP contribution in [-0.4, -0.2) is 28.7 Å². The maximum Gasteiger partial charge on any atom is 0.251 e. The molecule has 3 aromatic rings. The van der Waals surface area contributed by atoms with Gasteiger partial charge in [-0.3, -0.25) is 4.79 Å². The summed E-state index contributed by atoms with van der Waals surface area (Å²) in [5.41, 5.74) is 3.55. The number of aromatic nitrogens is 2. The van der Waals surface area contributed by atoms with E-state index in [1.54, 1.807) is 0 Å². The average molecular weight is 363 g/mol. The summed E-state index contributed by atoms with van der Waals surface area (Å²) in [5, 5.41) is 3.06. The molecule has 1 aliphatic heterocycles. The molecule has 0 radical (unpaired) electrons. The zero-order valence-corrected chi connectivity index (χ0v) is 15.1. The number of hydrogen-bond donors (Lipinski definition) is 1. The maximum absolute atomic E-state index is 12.7. The van der Waals surface area contributed by atoms with Gasteiger partial charge in [0.1, 0.15) is 13.2 Å². The van der Waals surface area contributed by atoms with Crippen molar-refractivity contribution in [3.8, 4) is 11.5 Å². The number of amides is 1. The van der Waals surface area contributed by atoms with Gasteiger partial charge in [0.15, 0.2) is 11.5 Å². The van der Waals surface area contributed by atoms with Gasteiger partial charge in [-0.1, -0.05) is 6.07 Å². The fourth-order valence-corrected chi connectivity index (χ4v) is 3.51. The third kappa shape index (κ3) is 3.01. The second-order valence-corrected chi connectivity index (χ2v) is 7.18. The number of carbonyl (C=O) groups is 1. The number of nitrogens with one attached hydrogen (secondary N) is 1. The molecule has 0 unspecified atom stereocenters. The first-order valence-electron chi connectivity index (χ1n) is 9.36. The van der Waals surface area contributed by atoms with E-state index < -0.39 is 0 Å². The highest BCUT2D eigenvalue weighted by Crippen LogP contribution is 2.37. The second kappa shape index (κ2) is 6.30. The van der Waals surface area contributed by atoms with E-state index in [9.17, 15) is 4.79 Å². The van der Waals surface area contributed by atoms with Gasteiger partial charge in [0, 0.05) is 11.6 Å². The van der Waals surface area contributed by atoms with E-state index in [0.717, 1.165) is 28.1 Å². The number of fused-ring (bicyclic) bond motifs is 2. The lowest BCUT2D eigenvalue weighted by Gasteiger charge is -2.21. The van der Waals surface area contributed by atoms with E-state index in [2.05, 4.69) is 14.9 Å². The quantitative estimate of drug-likeness (QED) is 0.769. The standard InChI is InChI=1S/C21H21N3O3/c1-13(14-3-7-19-20(11-14)27-9-8-26-19)23-21(25)15-2-6-18-17(10-15)22-12-24(18)16-4-5-16/h2-3,6-7,10-13,16H,4-5,8-9H2,1H3,(H,23,25)/t13-/m1/s1. The van der Waals surface area contributed by atoms with Gasteiger partial charge < -0.3 is 19.4 Å². The molecule has 2 aliphatic rings. The Balaban J connectivity index is 1.34. The van der Waals surface area contributed by atoms with Crippen LogP contribution in [0.1, 0.15) is 47.8 Å². The van der Waals surface area contributed by atoms with Crippen molar-refractivity contribution in [1.82, 2.24) is 14.9 Å². The molecular weight excluding hydrogens is 342 g/mol. The molecule has 1 atom stereocenters. The van der Waals surface area contributed by atoms with Gasteiger partial charge in [-0.05, 0) is 55.7 Å². The number of benzene rings is 2. The van der Waals surface area contributed by atoms with Crippen molar-refractivity contribution >= 4 is 16.9 Å². The largest absolute Gasteiger partial charge is 0.486 e. The fourth-order valence-electron chi connectivity index (χ4n) is 3.51. The Morgan fingerprint density at radius 2 is 1.96 bits per heavy atom. The molecule has 1 fully saturated rings. The molecule has 1 amide bonds. The highest BCUT2D eigenvalue weighted by molar-refractivity contribution is 5.97. The summed E-state index contributed by atoms with van der Waals surface area (Å²) < 4.78 is 13.4. The van der Waals surface area contributed by atoms with Crippen molar-refractivity contribution in [1.29, 1.82) is 0 Å². The fraction of sp³-hybridized carbons (Fsp3) is 0.333. The molecule has 2 aromatic carbocycles. The number of hydrogen-bond acceptors (Lipinski definition) is 4. The van der Waals surface area contributed by atoms with Crippen LogP contribution in [0, 0.1) is 0 Å². The Morgan fingerprint density at radius 3 is 2.78 bits per heavy atom. The molecular formula is C21H21N3O3. The lowest BCUT2D eigenvalue weighted by atomic mass is 10.1. The number of imidazole rings is 1. The summed E-state index contributed by atoms with van der Waals surface area (Å²) in [6.45, 7) is 3.08. The summed E-state index contributed by atoms with van der Waals surface area (Å²) in [7, 11) is 0. The van der Waals surface area contributed by atoms with Gasteiger partial charge in [-0.25, -0.2) is 4.98 Å². The molecule has 1 aromatic heterocycles. The number of rotatable bonds is 4. The minimum absolute atomic E-state index is 0.111. The van der Waals surface area contributed by atoms with E-state index in [-0.39, 0.29) is 11.9 Å². The highest BCUT2D eigenvalue weighted by atomic mass is 16.6. The van der Waals surface area contributed by atoms with Crippen molar-refractivity contribution in [2.45, 2.75) is 31.8 Å². The first kappa shape index (κ1) is 16.2. The van der Waals surface area contributed by atoms with Gasteiger partial charge in [0.25, 0.3) is 5.91 Å². The zero-order valence-electron chi connectivity index (χ0n) is 15.1. The summed E-state index contributed by atoms with van der Waals surface area (Å²) >= 11 is 0. The van der Waals surface area contributed by atoms with Crippen LogP contribution in [0.4, 0.5) is 0 Å². The summed E-state index contributed by atoms with van der Waals surface area (Å²) in [5.74, 6) is 1.37. The summed E-state index contributed by atoms with van der Waals surface area (Å²) in [6, 6.07) is 11.9. The molecule has 2 heterocycles. The second-order valence-electron chi connectivity index (χ2n) is 7.18. The van der Waals surface area contributed by atoms with Gasteiger partial charge in [-0.15, -0.1) is 0 Å². The van der Waals surface area contributed by atoms with Crippen LogP contribution in [0.2, 0.25) is 0 Å². The highest BCUT2D eigenvalue weighted by Gasteiger charge is 2.25. The van der Waals surface area contributed by atoms with Crippen molar-refractivity contribution in [3.63, 3.8) is 0 Å². The minimum Gasteiger partial charge on any atom is -0.486 e. The summed E-state index contributed by atoms with van der Waals surface area (Å²) in [4.78, 5) is 17.2. The van der Waals surface area contributed by atoms with Crippen LogP contribution in [0.25, 0.3) is 11.0 Å². The van der Waals surface area contributed by atoms with E-state index in [4.69, 9.17) is 9.47 Å². The van der Waals surface area contributed by atoms with Crippen molar-refractivity contribution < 1.29 is 14.3 Å². The number of ether oxygens (including phenoxy) is 2. The lowest BCUT2D eigenvalue weighted by Crippen LogP contribution is -2.26. The number of nitrogens with zero attached hydrogens (tertiary/aromatic N) is 2. The smallest absolute Gasteiger partial charge is 0.251 e. The Labute approximate surface area is 157 Å². The Kier molecular flexibility index (Phi) is 3.77. The normalized spacial score (nSPS) is 16.9. The van der Waals surface area contributed by atoms with Gasteiger partial charge in [-0.2, -0.15) is 0 Å². The van der Waals surface area contributed by atoms with Crippen LogP contribution in [0.15, 0.2) is 42.7 Å². The first-order chi connectivity index (χ1) is 13.2. The molecule has 1 saturated carbocycles. The topological polar surface area (TPSA) is 65.4 Å². The maximum atomic E-state index is 12.7. The third-order valence-corrected chi connectivity index (χ3v) is 5.19. The molecule has 0 bridgehead atoms. The van der Waals surface area contributed by atoms with E-state index in [1.807, 2.05) is 49.6 Å². The third-order valence-electron chi connectivity index (χ3n) is 5.19. The minimum atomic E-state index is -0.145. The monoisotopic (exact) mass is 363 g/mol. The molecule has 138 valence electrons. The van der Waals surface area contributed by atoms with Crippen molar-refractivity contribution in [2.24, 2.45) is 0 Å². The zero-order chi connectivity index (χ0) is 18.4. The van der Waals surface area contributed by atoms with E-state index >= 15 is 0 Å². The van der Waals surface area contributed by atoms with Gasteiger partial charge in [0.2, 0.25) is 0 Å². The van der Waals surface area contributed by atoms with Crippen LogP contribution < -0.4 is 14.8 Å². The predicted octanol–water partition coefficient (Wildman–Crippen LogP) is 3.63. The van der Waals surface area contributed by atoms with Crippen LogP contribution >= 0.6 is 0 Å². The molecule has 1 N–H and O–H groups in total. The molecule has 6 heteroatoms. The van der Waals surface area contributed by atoms with Crippen molar-refractivity contribution in [3.05, 3.63) is 53.9 Å². The predicted molar refractivity (Wildman–Crippen MR) is 101 cm³/mol. The van der Waals surface area contributed by atoms with Crippen LogP contribution in [0.3, 0.4) is 0 Å². The Bertz CT molecular complexity index is 1020. The van der Waals surface area contributed by atoms with Crippen LogP contribution in [-0.2, 0) is 0 Å². The molecule has 5 rings (SSSR count). The molecule has 6 nitrogen and oxygen atoms in total. The summed E-state index contributed by atoms with van der Waals surface area (Å²) in [6.07, 6.45) is 4.29. The Hall–Kier alpha value is -3.02. The first-order valence-corrected chi connectivity index (χ1v) is 9.36. The number of carbonyl (C=O) groups excluding carboxylic acids is 1. The van der Waals surface area contributed by atoms with Gasteiger partial charge >= 0.3 is 0 Å². The molecule has 27 heavy (non-hydrogen) atoms. The van der Waals surface area contributed by atoms with Gasteiger partial charge in [0.05, 0.1) is 23.4 Å². The molecule has 0 saturated heterocycles. The van der Waals surface area contributed by atoms with E-state index in [1.165, 1.54) is 12.8 Å². The average Bonchev–Trinajstić information content (AvgIpc) is 3.46. The van der Waals surface area contributed by atoms with Crippen LogP contribution in [0.5, 0.6) is 11.5 Å². The van der Waals surface area contributed by atoms with E-state index in [0.29, 0.717) is 24.8 Å². The lowest BCUT2D eigenvalue weighted by molar-refractivity contribution is 0.0940. The Morgan fingerprint density at radius 1 is 1.15 bits per heavy atom. The SMILES string of the molecule is C[C@@H](NC(=O)c1ccc2c(c1)ncn2C1CC1)c1ccc2c(c1)OCCO2. The molecule has 1 aliphatic carbocycles. The molecule has 0 spiro atoms. The van der Waals surface area contributed by atoms with Crippen molar-refractivity contribution in [2.75, 3.05) is 13.2 Å².